The zero-order valence-corrected chi connectivity index (χ0v) is 14.4. The molecule has 0 atom stereocenters. The molecule has 2 N–H and O–H groups in total. The van der Waals surface area contributed by atoms with Gasteiger partial charge in [0, 0.05) is 24.6 Å². The lowest BCUT2D eigenvalue weighted by atomic mass is 10.1. The SMILES string of the molecule is CC(C)CCNC(=O)c1cnc(Nc2ccc(Cl)c(Cl)c2)nc1. The van der Waals surface area contributed by atoms with Crippen LogP contribution in [-0.4, -0.2) is 22.4 Å². The van der Waals surface area contributed by atoms with E-state index in [9.17, 15) is 4.79 Å². The van der Waals surface area contributed by atoms with Gasteiger partial charge in [-0.25, -0.2) is 9.97 Å². The van der Waals surface area contributed by atoms with Gasteiger partial charge in [0.25, 0.3) is 5.91 Å². The highest BCUT2D eigenvalue weighted by Gasteiger charge is 2.07. The molecule has 1 aromatic carbocycles. The van der Waals surface area contributed by atoms with Crippen LogP contribution in [0.4, 0.5) is 11.6 Å². The first kappa shape index (κ1) is 17.5. The summed E-state index contributed by atoms with van der Waals surface area (Å²) in [6.07, 6.45) is 3.90. The van der Waals surface area contributed by atoms with Crippen molar-refractivity contribution in [1.29, 1.82) is 0 Å². The summed E-state index contributed by atoms with van der Waals surface area (Å²) in [7, 11) is 0. The maximum Gasteiger partial charge on any atom is 0.254 e. The van der Waals surface area contributed by atoms with E-state index in [1.165, 1.54) is 12.4 Å². The molecule has 0 aliphatic rings. The highest BCUT2D eigenvalue weighted by atomic mass is 35.5. The summed E-state index contributed by atoms with van der Waals surface area (Å²) in [4.78, 5) is 20.2. The number of aromatic nitrogens is 2. The Morgan fingerprint density at radius 3 is 2.48 bits per heavy atom. The molecule has 0 fully saturated rings. The first-order valence-corrected chi connectivity index (χ1v) is 8.03. The summed E-state index contributed by atoms with van der Waals surface area (Å²) in [6, 6.07) is 5.13. The molecular weight excluding hydrogens is 335 g/mol. The molecule has 5 nitrogen and oxygen atoms in total. The van der Waals surface area contributed by atoms with Crippen LogP contribution in [0.5, 0.6) is 0 Å². The number of hydrogen-bond acceptors (Lipinski definition) is 4. The Balaban J connectivity index is 1.96. The van der Waals surface area contributed by atoms with Crippen LogP contribution >= 0.6 is 23.2 Å². The van der Waals surface area contributed by atoms with E-state index in [2.05, 4.69) is 34.4 Å². The van der Waals surface area contributed by atoms with Crippen molar-refractivity contribution < 1.29 is 4.79 Å². The van der Waals surface area contributed by atoms with E-state index in [1.54, 1.807) is 18.2 Å². The summed E-state index contributed by atoms with van der Waals surface area (Å²) >= 11 is 11.8. The smallest absolute Gasteiger partial charge is 0.254 e. The Morgan fingerprint density at radius 1 is 1.17 bits per heavy atom. The number of anilines is 2. The fourth-order valence-corrected chi connectivity index (χ4v) is 2.09. The van der Waals surface area contributed by atoms with Gasteiger partial charge in [-0.1, -0.05) is 37.0 Å². The summed E-state index contributed by atoms with van der Waals surface area (Å²) in [5.41, 5.74) is 1.14. The third-order valence-electron chi connectivity index (χ3n) is 3.10. The summed E-state index contributed by atoms with van der Waals surface area (Å²) in [5.74, 6) is 0.748. The number of rotatable bonds is 6. The van der Waals surface area contributed by atoms with E-state index >= 15 is 0 Å². The average molecular weight is 353 g/mol. The van der Waals surface area contributed by atoms with Crippen molar-refractivity contribution in [2.24, 2.45) is 5.92 Å². The van der Waals surface area contributed by atoms with Crippen molar-refractivity contribution in [3.63, 3.8) is 0 Å². The minimum absolute atomic E-state index is 0.174. The summed E-state index contributed by atoms with van der Waals surface area (Å²) in [5, 5.41) is 6.76. The number of carbonyl (C=O) groups is 1. The molecule has 1 heterocycles. The first-order chi connectivity index (χ1) is 11.0. The molecule has 2 aromatic rings. The van der Waals surface area contributed by atoms with E-state index < -0.39 is 0 Å². The minimum Gasteiger partial charge on any atom is -0.352 e. The first-order valence-electron chi connectivity index (χ1n) is 7.28. The number of benzene rings is 1. The van der Waals surface area contributed by atoms with E-state index in [-0.39, 0.29) is 5.91 Å². The number of halogens is 2. The fraction of sp³-hybridized carbons (Fsp3) is 0.312. The second-order valence-electron chi connectivity index (χ2n) is 5.49. The van der Waals surface area contributed by atoms with Gasteiger partial charge in [-0.3, -0.25) is 4.79 Å². The molecule has 0 aliphatic heterocycles. The monoisotopic (exact) mass is 352 g/mol. The van der Waals surface area contributed by atoms with Crippen molar-refractivity contribution in [3.8, 4) is 0 Å². The molecule has 0 unspecified atom stereocenters. The zero-order chi connectivity index (χ0) is 16.8. The maximum atomic E-state index is 11.9. The average Bonchev–Trinajstić information content (AvgIpc) is 2.51. The molecule has 23 heavy (non-hydrogen) atoms. The molecule has 0 radical (unpaired) electrons. The van der Waals surface area contributed by atoms with Gasteiger partial charge in [-0.15, -0.1) is 0 Å². The van der Waals surface area contributed by atoms with Crippen LogP contribution < -0.4 is 10.6 Å². The van der Waals surface area contributed by atoms with Gasteiger partial charge >= 0.3 is 0 Å². The quantitative estimate of drug-likeness (QED) is 0.812. The van der Waals surface area contributed by atoms with Gasteiger partial charge < -0.3 is 10.6 Å². The van der Waals surface area contributed by atoms with Crippen molar-refractivity contribution in [3.05, 3.63) is 46.2 Å². The van der Waals surface area contributed by atoms with Gasteiger partial charge in [0.1, 0.15) is 0 Å². The zero-order valence-electron chi connectivity index (χ0n) is 12.9. The van der Waals surface area contributed by atoms with Crippen molar-refractivity contribution in [2.75, 3.05) is 11.9 Å². The second kappa shape index (κ2) is 8.13. The Bertz CT molecular complexity index is 674. The molecule has 122 valence electrons. The highest BCUT2D eigenvalue weighted by Crippen LogP contribution is 2.26. The normalized spacial score (nSPS) is 10.7. The van der Waals surface area contributed by atoms with Crippen LogP contribution in [0.2, 0.25) is 10.0 Å². The molecular formula is C16H18Cl2N4O. The van der Waals surface area contributed by atoms with Crippen LogP contribution in [0.3, 0.4) is 0 Å². The van der Waals surface area contributed by atoms with Gasteiger partial charge in [-0.2, -0.15) is 0 Å². The Labute approximate surface area is 145 Å². The lowest BCUT2D eigenvalue weighted by molar-refractivity contribution is 0.0951. The number of nitrogens with zero attached hydrogens (tertiary/aromatic N) is 2. The Morgan fingerprint density at radius 2 is 1.87 bits per heavy atom. The van der Waals surface area contributed by atoms with Crippen LogP contribution in [0, 0.1) is 5.92 Å². The lowest BCUT2D eigenvalue weighted by Gasteiger charge is -2.08. The van der Waals surface area contributed by atoms with E-state index in [0.717, 1.165) is 6.42 Å². The van der Waals surface area contributed by atoms with E-state index in [0.29, 0.717) is 39.7 Å². The molecule has 0 saturated carbocycles. The predicted octanol–water partition coefficient (Wildman–Crippen LogP) is 4.30. The maximum absolute atomic E-state index is 11.9. The van der Waals surface area contributed by atoms with Crippen LogP contribution in [-0.2, 0) is 0 Å². The van der Waals surface area contributed by atoms with E-state index in [4.69, 9.17) is 23.2 Å². The predicted molar refractivity (Wildman–Crippen MR) is 93.6 cm³/mol. The highest BCUT2D eigenvalue weighted by molar-refractivity contribution is 6.42. The molecule has 1 aromatic heterocycles. The van der Waals surface area contributed by atoms with Gasteiger partial charge in [0.2, 0.25) is 5.95 Å². The molecule has 0 bridgehead atoms. The summed E-state index contributed by atoms with van der Waals surface area (Å²) < 4.78 is 0. The van der Waals surface area contributed by atoms with Crippen LogP contribution in [0.25, 0.3) is 0 Å². The second-order valence-corrected chi connectivity index (χ2v) is 6.30. The minimum atomic E-state index is -0.174. The number of carbonyl (C=O) groups excluding carboxylic acids is 1. The third kappa shape index (κ3) is 5.37. The molecule has 0 spiro atoms. The lowest BCUT2D eigenvalue weighted by Crippen LogP contribution is -2.25. The fourth-order valence-electron chi connectivity index (χ4n) is 1.79. The van der Waals surface area contributed by atoms with Gasteiger partial charge in [0.05, 0.1) is 15.6 Å². The van der Waals surface area contributed by atoms with Crippen molar-refractivity contribution in [2.45, 2.75) is 20.3 Å². The number of amides is 1. The third-order valence-corrected chi connectivity index (χ3v) is 3.84. The molecule has 0 aliphatic carbocycles. The van der Waals surface area contributed by atoms with Crippen molar-refractivity contribution >= 4 is 40.7 Å². The van der Waals surface area contributed by atoms with Crippen LogP contribution in [0.15, 0.2) is 30.6 Å². The van der Waals surface area contributed by atoms with Gasteiger partial charge in [0.15, 0.2) is 0 Å². The Hall–Kier alpha value is -1.85. The topological polar surface area (TPSA) is 66.9 Å². The molecule has 2 rings (SSSR count). The molecule has 1 amide bonds. The standard InChI is InChI=1S/C16H18Cl2N4O/c1-10(2)5-6-19-15(23)11-8-20-16(21-9-11)22-12-3-4-13(17)14(18)7-12/h3-4,7-10H,5-6H2,1-2H3,(H,19,23)(H,20,21,22). The van der Waals surface area contributed by atoms with E-state index in [1.807, 2.05) is 0 Å². The number of hydrogen-bond donors (Lipinski definition) is 2. The van der Waals surface area contributed by atoms with Gasteiger partial charge in [-0.05, 0) is 30.5 Å². The Kier molecular flexibility index (Phi) is 6.19. The molecule has 7 heteroatoms. The number of nitrogens with one attached hydrogen (secondary N) is 2. The van der Waals surface area contributed by atoms with Crippen LogP contribution in [0.1, 0.15) is 30.6 Å². The summed E-state index contributed by atoms with van der Waals surface area (Å²) in [6.45, 7) is 4.86. The molecule has 0 saturated heterocycles. The largest absolute Gasteiger partial charge is 0.352 e. The van der Waals surface area contributed by atoms with Crippen molar-refractivity contribution in [1.82, 2.24) is 15.3 Å².